The lowest BCUT2D eigenvalue weighted by Crippen LogP contribution is -2.20. The minimum absolute atomic E-state index is 0.142. The highest BCUT2D eigenvalue weighted by Gasteiger charge is 2.18. The van der Waals surface area contributed by atoms with Crippen molar-refractivity contribution in [2.75, 3.05) is 0 Å². The van der Waals surface area contributed by atoms with E-state index in [1.165, 1.54) is 0 Å². The van der Waals surface area contributed by atoms with E-state index in [0.717, 1.165) is 22.3 Å². The maximum Gasteiger partial charge on any atom is 0.268 e. The molecule has 0 radical (unpaired) electrons. The second kappa shape index (κ2) is 7.30. The van der Waals surface area contributed by atoms with Crippen LogP contribution in [0.3, 0.4) is 0 Å². The molecule has 0 aliphatic carbocycles. The third-order valence-electron chi connectivity index (χ3n) is 5.25. The molecular formula is C24H17N5O. The fourth-order valence-electron chi connectivity index (χ4n) is 3.83. The molecule has 0 fully saturated rings. The van der Waals surface area contributed by atoms with Gasteiger partial charge < -0.3 is 0 Å². The van der Waals surface area contributed by atoms with Crippen molar-refractivity contribution in [3.63, 3.8) is 0 Å². The van der Waals surface area contributed by atoms with Gasteiger partial charge in [0.15, 0.2) is 0 Å². The summed E-state index contributed by atoms with van der Waals surface area (Å²) in [5.41, 5.74) is 4.30. The standard InChI is InChI=1S/C24H17N5O/c25-15-17-7-4-6-16(14-17)11-12-20-21-22(28-27-20)19-10-5-13-26-23(19)29(24(21)30)18-8-2-1-3-9-18/h1-10,13-14H,11-12H2,(H,27,28). The fraction of sp³-hybridized carbons (Fsp3) is 0.0833. The Morgan fingerprint density at radius 3 is 2.70 bits per heavy atom. The molecule has 144 valence electrons. The molecule has 0 spiro atoms. The van der Waals surface area contributed by atoms with Crippen molar-refractivity contribution in [2.45, 2.75) is 12.8 Å². The summed E-state index contributed by atoms with van der Waals surface area (Å²) in [5.74, 6) is 0. The Kier molecular flexibility index (Phi) is 4.34. The molecule has 0 atom stereocenters. The molecule has 30 heavy (non-hydrogen) atoms. The zero-order valence-electron chi connectivity index (χ0n) is 16.0. The lowest BCUT2D eigenvalue weighted by molar-refractivity contribution is 0.898. The van der Waals surface area contributed by atoms with Gasteiger partial charge in [-0.25, -0.2) is 4.98 Å². The normalized spacial score (nSPS) is 11.0. The largest absolute Gasteiger partial charge is 0.281 e. The van der Waals surface area contributed by atoms with E-state index in [1.807, 2.05) is 60.7 Å². The molecule has 3 aromatic heterocycles. The fourth-order valence-corrected chi connectivity index (χ4v) is 3.83. The third kappa shape index (κ3) is 2.93. The maximum absolute atomic E-state index is 13.6. The van der Waals surface area contributed by atoms with Crippen LogP contribution in [0, 0.1) is 11.3 Å². The van der Waals surface area contributed by atoms with Crippen LogP contribution in [0.4, 0.5) is 0 Å². The van der Waals surface area contributed by atoms with Gasteiger partial charge in [-0.05, 0) is 54.8 Å². The average Bonchev–Trinajstić information content (AvgIpc) is 3.23. The molecule has 2 aromatic carbocycles. The monoisotopic (exact) mass is 391 g/mol. The number of aryl methyl sites for hydroxylation is 2. The van der Waals surface area contributed by atoms with Crippen LogP contribution in [0.15, 0.2) is 77.7 Å². The summed E-state index contributed by atoms with van der Waals surface area (Å²) in [6.45, 7) is 0. The number of H-pyrrole nitrogens is 1. The van der Waals surface area contributed by atoms with Gasteiger partial charge in [0.05, 0.1) is 22.7 Å². The van der Waals surface area contributed by atoms with Crippen LogP contribution < -0.4 is 5.56 Å². The first-order valence-corrected chi connectivity index (χ1v) is 9.67. The van der Waals surface area contributed by atoms with Crippen molar-refractivity contribution in [3.8, 4) is 11.8 Å². The number of hydrogen-bond acceptors (Lipinski definition) is 4. The Bertz CT molecular complexity index is 1480. The number of rotatable bonds is 4. The maximum atomic E-state index is 13.6. The van der Waals surface area contributed by atoms with Gasteiger partial charge in [-0.15, -0.1) is 0 Å². The topological polar surface area (TPSA) is 87.4 Å². The first-order chi connectivity index (χ1) is 14.8. The van der Waals surface area contributed by atoms with Crippen molar-refractivity contribution in [3.05, 3.63) is 100 Å². The van der Waals surface area contributed by atoms with Crippen molar-refractivity contribution in [2.24, 2.45) is 0 Å². The summed E-state index contributed by atoms with van der Waals surface area (Å²) < 4.78 is 1.65. The number of aromatic nitrogens is 4. The summed E-state index contributed by atoms with van der Waals surface area (Å²) in [6.07, 6.45) is 2.99. The summed E-state index contributed by atoms with van der Waals surface area (Å²) in [6, 6.07) is 23.0. The highest BCUT2D eigenvalue weighted by atomic mass is 16.1. The van der Waals surface area contributed by atoms with E-state index in [4.69, 9.17) is 5.26 Å². The highest BCUT2D eigenvalue weighted by molar-refractivity contribution is 6.03. The van der Waals surface area contributed by atoms with Crippen LogP contribution >= 0.6 is 0 Å². The summed E-state index contributed by atoms with van der Waals surface area (Å²) >= 11 is 0. The molecule has 0 saturated heterocycles. The number of nitrogens with one attached hydrogen (secondary N) is 1. The van der Waals surface area contributed by atoms with E-state index in [2.05, 4.69) is 21.3 Å². The number of para-hydroxylation sites is 1. The molecule has 0 saturated carbocycles. The Hall–Kier alpha value is -4.24. The van der Waals surface area contributed by atoms with Gasteiger partial charge in [-0.3, -0.25) is 14.5 Å². The molecule has 1 N–H and O–H groups in total. The van der Waals surface area contributed by atoms with Crippen LogP contribution in [-0.2, 0) is 12.8 Å². The van der Waals surface area contributed by atoms with E-state index in [-0.39, 0.29) is 5.56 Å². The first-order valence-electron chi connectivity index (χ1n) is 9.67. The van der Waals surface area contributed by atoms with Crippen molar-refractivity contribution < 1.29 is 0 Å². The number of hydrogen-bond donors (Lipinski definition) is 1. The smallest absolute Gasteiger partial charge is 0.268 e. The highest BCUT2D eigenvalue weighted by Crippen LogP contribution is 2.24. The number of nitriles is 1. The van der Waals surface area contributed by atoms with Crippen LogP contribution in [0.1, 0.15) is 16.8 Å². The predicted octanol–water partition coefficient (Wildman–Crippen LogP) is 3.92. The average molecular weight is 391 g/mol. The van der Waals surface area contributed by atoms with Crippen LogP contribution in [-0.4, -0.2) is 19.7 Å². The number of pyridine rings is 2. The zero-order valence-corrected chi connectivity index (χ0v) is 16.0. The summed E-state index contributed by atoms with van der Waals surface area (Å²) in [7, 11) is 0. The number of nitrogens with zero attached hydrogens (tertiary/aromatic N) is 4. The number of aromatic amines is 1. The van der Waals surface area contributed by atoms with Gasteiger partial charge in [0.25, 0.3) is 5.56 Å². The van der Waals surface area contributed by atoms with Gasteiger partial charge in [-0.2, -0.15) is 10.4 Å². The molecule has 3 heterocycles. The van der Waals surface area contributed by atoms with Crippen molar-refractivity contribution in [1.29, 1.82) is 5.26 Å². The van der Waals surface area contributed by atoms with E-state index >= 15 is 0 Å². The molecule has 5 aromatic rings. The number of benzene rings is 2. The molecule has 0 bridgehead atoms. The van der Waals surface area contributed by atoms with E-state index < -0.39 is 0 Å². The Labute approximate surface area is 172 Å². The lowest BCUT2D eigenvalue weighted by atomic mass is 10.0. The van der Waals surface area contributed by atoms with Crippen molar-refractivity contribution in [1.82, 2.24) is 19.7 Å². The summed E-state index contributed by atoms with van der Waals surface area (Å²) in [4.78, 5) is 18.0. The predicted molar refractivity (Wildman–Crippen MR) is 116 cm³/mol. The Morgan fingerprint density at radius 2 is 1.87 bits per heavy atom. The first kappa shape index (κ1) is 17.8. The minimum Gasteiger partial charge on any atom is -0.281 e. The zero-order chi connectivity index (χ0) is 20.5. The van der Waals surface area contributed by atoms with E-state index in [9.17, 15) is 4.79 Å². The van der Waals surface area contributed by atoms with Gasteiger partial charge in [0.1, 0.15) is 11.2 Å². The number of fused-ring (bicyclic) bond motifs is 3. The molecular weight excluding hydrogens is 374 g/mol. The molecule has 5 rings (SSSR count). The molecule has 6 nitrogen and oxygen atoms in total. The summed E-state index contributed by atoms with van der Waals surface area (Å²) in [5, 5.41) is 18.0. The molecule has 0 aliphatic heterocycles. The lowest BCUT2D eigenvalue weighted by Gasteiger charge is -2.10. The minimum atomic E-state index is -0.142. The second-order valence-electron chi connectivity index (χ2n) is 7.09. The molecule has 6 heteroatoms. The SMILES string of the molecule is N#Cc1cccc(CCc2[nH]nc3c2c(=O)n(-c2ccccc2)c2ncccc32)c1. The third-order valence-corrected chi connectivity index (χ3v) is 5.25. The van der Waals surface area contributed by atoms with E-state index in [0.29, 0.717) is 35.0 Å². The van der Waals surface area contributed by atoms with Gasteiger partial charge in [0, 0.05) is 17.3 Å². The van der Waals surface area contributed by atoms with E-state index in [1.54, 1.807) is 16.8 Å². The molecule has 0 unspecified atom stereocenters. The Morgan fingerprint density at radius 1 is 1.00 bits per heavy atom. The van der Waals surface area contributed by atoms with Crippen molar-refractivity contribution >= 4 is 21.9 Å². The van der Waals surface area contributed by atoms with Gasteiger partial charge >= 0.3 is 0 Å². The molecule has 0 aliphatic rings. The quantitative estimate of drug-likeness (QED) is 0.503. The second-order valence-corrected chi connectivity index (χ2v) is 7.09. The van der Waals surface area contributed by atoms with Gasteiger partial charge in [-0.1, -0.05) is 30.3 Å². The van der Waals surface area contributed by atoms with Crippen LogP contribution in [0.2, 0.25) is 0 Å². The Balaban J connectivity index is 1.67. The van der Waals surface area contributed by atoms with Crippen LogP contribution in [0.5, 0.6) is 0 Å². The van der Waals surface area contributed by atoms with Gasteiger partial charge in [0.2, 0.25) is 0 Å². The molecule has 0 amide bonds. The van der Waals surface area contributed by atoms with Crippen LogP contribution in [0.25, 0.3) is 27.6 Å².